The van der Waals surface area contributed by atoms with Gasteiger partial charge in [-0.25, -0.2) is 9.18 Å². The largest absolute Gasteiger partial charge is 0.417 e. The van der Waals surface area contributed by atoms with Crippen LogP contribution in [-0.2, 0) is 17.5 Å². The number of amides is 2. The van der Waals surface area contributed by atoms with Crippen LogP contribution in [0.4, 0.5) is 35.5 Å². The molecule has 6 nitrogen and oxygen atoms in total. The summed E-state index contributed by atoms with van der Waals surface area (Å²) in [7, 11) is 0. The number of hydrogen-bond donors (Lipinski definition) is 1. The molecule has 2 aromatic rings. The van der Waals surface area contributed by atoms with E-state index in [1.54, 1.807) is 0 Å². The molecule has 0 fully saturated rings. The summed E-state index contributed by atoms with van der Waals surface area (Å²) in [6, 6.07) is 6.61. The van der Waals surface area contributed by atoms with E-state index >= 15 is 0 Å². The first-order valence-corrected chi connectivity index (χ1v) is 13.1. The lowest BCUT2D eigenvalue weighted by molar-refractivity contribution is -0.137. The predicted octanol–water partition coefficient (Wildman–Crippen LogP) is 7.82. The molecule has 234 valence electrons. The van der Waals surface area contributed by atoms with Gasteiger partial charge in [0.1, 0.15) is 12.1 Å². The predicted molar refractivity (Wildman–Crippen MR) is 147 cm³/mol. The van der Waals surface area contributed by atoms with E-state index in [4.69, 9.17) is 5.26 Å². The molecule has 2 amide bonds. The molecule has 0 atom stereocenters. The molecule has 0 aliphatic heterocycles. The third-order valence-electron chi connectivity index (χ3n) is 6.25. The van der Waals surface area contributed by atoms with Crippen LogP contribution in [0.5, 0.6) is 0 Å². The van der Waals surface area contributed by atoms with E-state index in [-0.39, 0.29) is 17.7 Å². The van der Waals surface area contributed by atoms with Crippen molar-refractivity contribution in [3.05, 3.63) is 106 Å². The number of nitrogens with zero attached hydrogens (tertiary/aromatic N) is 2. The lowest BCUT2D eigenvalue weighted by Crippen LogP contribution is -2.52. The molecule has 0 unspecified atom stereocenters. The molecule has 3 rings (SSSR count). The molecular formula is C31H28F7N3O3. The molecule has 1 aliphatic carbocycles. The molecule has 0 spiro atoms. The minimum Gasteiger partial charge on any atom is -0.311 e. The van der Waals surface area contributed by atoms with Gasteiger partial charge in [0, 0.05) is 29.8 Å². The Bertz CT molecular complexity index is 1550. The van der Waals surface area contributed by atoms with E-state index in [9.17, 15) is 45.1 Å². The topological polar surface area (TPSA) is 90.3 Å². The third-order valence-corrected chi connectivity index (χ3v) is 6.25. The maximum Gasteiger partial charge on any atom is 0.417 e. The van der Waals surface area contributed by atoms with Crippen molar-refractivity contribution in [1.82, 2.24) is 10.2 Å². The van der Waals surface area contributed by atoms with Crippen molar-refractivity contribution in [2.45, 2.75) is 58.6 Å². The van der Waals surface area contributed by atoms with Gasteiger partial charge in [-0.3, -0.25) is 4.79 Å². The highest BCUT2D eigenvalue weighted by Crippen LogP contribution is 2.33. The molecule has 1 aliphatic rings. The van der Waals surface area contributed by atoms with Crippen LogP contribution in [0.3, 0.4) is 0 Å². The van der Waals surface area contributed by atoms with E-state index in [0.29, 0.717) is 18.4 Å². The highest BCUT2D eigenvalue weighted by Gasteiger charge is 2.37. The van der Waals surface area contributed by atoms with Crippen molar-refractivity contribution in [3.63, 3.8) is 0 Å². The number of alkyl halides is 6. The number of nitrogens with one attached hydrogen (secondary N) is 1. The second-order valence-electron chi connectivity index (χ2n) is 9.71. The minimum absolute atomic E-state index is 0.0544. The molecule has 44 heavy (non-hydrogen) atoms. The summed E-state index contributed by atoms with van der Waals surface area (Å²) in [4.78, 5) is 39.4. The Balaban J connectivity index is 0.00000330. The summed E-state index contributed by atoms with van der Waals surface area (Å²) in [5.74, 6) is -1.91. The number of rotatable bonds is 7. The number of hydrogen-bond acceptors (Lipinski definition) is 4. The summed E-state index contributed by atoms with van der Waals surface area (Å²) in [5, 5.41) is 11.4. The van der Waals surface area contributed by atoms with Crippen LogP contribution in [-0.4, -0.2) is 34.7 Å². The smallest absolute Gasteiger partial charge is 0.311 e. The Morgan fingerprint density at radius 2 is 1.68 bits per heavy atom. The molecule has 0 saturated carbocycles. The van der Waals surface area contributed by atoms with Gasteiger partial charge in [0.15, 0.2) is 5.78 Å². The Kier molecular flexibility index (Phi) is 11.4. The third kappa shape index (κ3) is 8.65. The first kappa shape index (κ1) is 35.5. The van der Waals surface area contributed by atoms with Crippen LogP contribution < -0.4 is 5.32 Å². The van der Waals surface area contributed by atoms with Gasteiger partial charge in [0.05, 0.1) is 28.3 Å². The summed E-state index contributed by atoms with van der Waals surface area (Å²) >= 11 is 0. The Labute approximate surface area is 249 Å². The van der Waals surface area contributed by atoms with Crippen LogP contribution in [0.25, 0.3) is 0 Å². The summed E-state index contributed by atoms with van der Waals surface area (Å²) < 4.78 is 94.5. The van der Waals surface area contributed by atoms with Gasteiger partial charge in [0.25, 0.3) is 0 Å². The number of carbonyl (C=O) groups is 3. The molecule has 1 N–H and O–H groups in total. The van der Waals surface area contributed by atoms with Crippen LogP contribution >= 0.6 is 0 Å². The normalized spacial score (nSPS) is 13.5. The number of nitriles is 1. The number of urea groups is 1. The number of benzene rings is 2. The fraction of sp³-hybridized carbons (Fsp3) is 0.290. The zero-order valence-electron chi connectivity index (χ0n) is 24.0. The van der Waals surface area contributed by atoms with Crippen LogP contribution in [0, 0.1) is 17.1 Å². The number of allylic oxidation sites excluding steroid dienone is 5. The van der Waals surface area contributed by atoms with Crippen molar-refractivity contribution in [2.75, 3.05) is 0 Å². The summed E-state index contributed by atoms with van der Waals surface area (Å²) in [5.41, 5.74) is -5.86. The standard InChI is InChI=1S/C29H22F7N3O3.C2H6/c1-27(2,16-40)39(26(42)38-22-8-4-6-18(14-37)24(13-22)29(34,35)36)15-19-9-10-21(30)12-23(19)25(41)17-5-3-7-20(11-17)28(31,32)33;1-2/h3-7,9-13,16H,8,15H2,1-2H3,(H,38,42);1-2H3. The van der Waals surface area contributed by atoms with Crippen molar-refractivity contribution in [3.8, 4) is 6.07 Å². The molecule has 0 radical (unpaired) electrons. The van der Waals surface area contributed by atoms with E-state index in [1.165, 1.54) is 26.0 Å². The second-order valence-corrected chi connectivity index (χ2v) is 9.71. The average molecular weight is 624 g/mol. The molecule has 0 bridgehead atoms. The Morgan fingerprint density at radius 3 is 2.25 bits per heavy atom. The van der Waals surface area contributed by atoms with Gasteiger partial charge in [-0.15, -0.1) is 0 Å². The molecule has 0 aromatic heterocycles. The van der Waals surface area contributed by atoms with Crippen molar-refractivity contribution < 1.29 is 45.1 Å². The maximum atomic E-state index is 14.2. The lowest BCUT2D eigenvalue weighted by Gasteiger charge is -2.35. The minimum atomic E-state index is -4.93. The fourth-order valence-corrected chi connectivity index (χ4v) is 3.99. The van der Waals surface area contributed by atoms with Gasteiger partial charge in [-0.1, -0.05) is 38.1 Å². The molecular weight excluding hydrogens is 595 g/mol. The van der Waals surface area contributed by atoms with Crippen molar-refractivity contribution >= 4 is 18.1 Å². The molecule has 2 aromatic carbocycles. The zero-order valence-corrected chi connectivity index (χ0v) is 24.0. The monoisotopic (exact) mass is 623 g/mol. The van der Waals surface area contributed by atoms with Gasteiger partial charge in [-0.2, -0.15) is 31.6 Å². The van der Waals surface area contributed by atoms with Crippen LogP contribution in [0.2, 0.25) is 0 Å². The number of halogens is 7. The van der Waals surface area contributed by atoms with Gasteiger partial charge < -0.3 is 15.0 Å². The SMILES string of the molecule is CC.CC(C)(C=O)N(Cc1ccc(F)cc1C(=O)c1cccc(C(F)(F)F)c1)C(=O)NC1=CC(C(F)(F)F)=C(C#N)C=CC1. The molecule has 0 heterocycles. The highest BCUT2D eigenvalue weighted by molar-refractivity contribution is 6.10. The maximum absolute atomic E-state index is 14.2. The highest BCUT2D eigenvalue weighted by atomic mass is 19.4. The van der Waals surface area contributed by atoms with Crippen LogP contribution in [0.1, 0.15) is 61.2 Å². The number of aldehydes is 1. The molecule has 13 heteroatoms. The fourth-order valence-electron chi connectivity index (χ4n) is 3.99. The Hall–Kier alpha value is -4.73. The number of ketones is 1. The van der Waals surface area contributed by atoms with Crippen molar-refractivity contribution in [2.24, 2.45) is 0 Å². The van der Waals surface area contributed by atoms with Crippen molar-refractivity contribution in [1.29, 1.82) is 5.26 Å². The van der Waals surface area contributed by atoms with E-state index in [0.717, 1.165) is 47.4 Å². The summed E-state index contributed by atoms with van der Waals surface area (Å²) in [6.07, 6.45) is -6.78. The zero-order chi connectivity index (χ0) is 33.5. The average Bonchev–Trinajstić information content (AvgIpc) is 3.18. The van der Waals surface area contributed by atoms with E-state index in [1.807, 2.05) is 13.8 Å². The number of carbonyl (C=O) groups excluding carboxylic acids is 3. The quantitative estimate of drug-likeness (QED) is 0.194. The van der Waals surface area contributed by atoms with Gasteiger partial charge >= 0.3 is 18.4 Å². The second kappa shape index (κ2) is 14.2. The first-order valence-electron chi connectivity index (χ1n) is 13.1. The van der Waals surface area contributed by atoms with Crippen LogP contribution in [0.15, 0.2) is 77.5 Å². The van der Waals surface area contributed by atoms with E-state index < -0.39 is 69.9 Å². The lowest BCUT2D eigenvalue weighted by atomic mass is 9.95. The van der Waals surface area contributed by atoms with Gasteiger partial charge in [0.2, 0.25) is 0 Å². The van der Waals surface area contributed by atoms with E-state index in [2.05, 4.69) is 5.32 Å². The summed E-state index contributed by atoms with van der Waals surface area (Å²) in [6.45, 7) is 6.04. The van der Waals surface area contributed by atoms with Gasteiger partial charge in [-0.05, 0) is 55.8 Å². The Morgan fingerprint density at radius 1 is 1.02 bits per heavy atom. The first-order chi connectivity index (χ1) is 20.5. The molecule has 0 saturated heterocycles.